The fourth-order valence-electron chi connectivity index (χ4n) is 1.85. The van der Waals surface area contributed by atoms with Gasteiger partial charge in [0.1, 0.15) is 0 Å². The number of unbranched alkanes of at least 4 members (excludes halogenated alkanes) is 2. The zero-order valence-electron chi connectivity index (χ0n) is 13.7. The van der Waals surface area contributed by atoms with Crippen molar-refractivity contribution in [2.75, 3.05) is 20.1 Å². The molecule has 1 atom stereocenters. The van der Waals surface area contributed by atoms with Gasteiger partial charge in [0.15, 0.2) is 0 Å². The normalized spacial score (nSPS) is 10.5. The van der Waals surface area contributed by atoms with Gasteiger partial charge in [0.05, 0.1) is 0 Å². The first-order valence-electron chi connectivity index (χ1n) is 7.64. The molecule has 20 heavy (non-hydrogen) atoms. The average Bonchev–Trinajstić information content (AvgIpc) is 2.55. The second-order valence-electron chi connectivity index (χ2n) is 4.18. The fraction of sp³-hybridized carbons (Fsp3) is 0.556. The molecule has 0 spiro atoms. The van der Waals surface area contributed by atoms with Crippen LogP contribution < -0.4 is 10.6 Å². The topological polar surface area (TPSA) is 24.1 Å². The molecule has 0 saturated carbocycles. The number of nitrogens with one attached hydrogen (secondary N) is 2. The third-order valence-electron chi connectivity index (χ3n) is 2.78. The SMILES string of the molecule is C#C.CC.CCCCCNC(CNC)c1ccccc1. The van der Waals surface area contributed by atoms with Crippen LogP contribution in [0.5, 0.6) is 0 Å². The quantitative estimate of drug-likeness (QED) is 0.554. The standard InChI is InChI=1S/C14H24N2.C2H6.C2H2/c1-3-4-8-11-16-14(12-15-2)13-9-6-5-7-10-13;2*1-2/h5-7,9-10,14-16H,3-4,8,11-12H2,1-2H3;1-2H3;1-2H. The lowest BCUT2D eigenvalue weighted by Gasteiger charge is -2.18. The van der Waals surface area contributed by atoms with E-state index in [4.69, 9.17) is 0 Å². The third-order valence-corrected chi connectivity index (χ3v) is 2.78. The molecule has 0 saturated heterocycles. The maximum atomic E-state index is 4.00. The van der Waals surface area contributed by atoms with E-state index in [-0.39, 0.29) is 0 Å². The summed E-state index contributed by atoms with van der Waals surface area (Å²) in [4.78, 5) is 0. The van der Waals surface area contributed by atoms with Gasteiger partial charge in [-0.3, -0.25) is 0 Å². The molecule has 0 aliphatic rings. The van der Waals surface area contributed by atoms with Crippen LogP contribution in [0, 0.1) is 12.8 Å². The van der Waals surface area contributed by atoms with E-state index in [1.54, 1.807) is 0 Å². The van der Waals surface area contributed by atoms with Crippen LogP contribution >= 0.6 is 0 Å². The fourth-order valence-corrected chi connectivity index (χ4v) is 1.85. The highest BCUT2D eigenvalue weighted by atomic mass is 15.0. The second kappa shape index (κ2) is 17.7. The van der Waals surface area contributed by atoms with Crippen LogP contribution in [0.4, 0.5) is 0 Å². The van der Waals surface area contributed by atoms with Crippen molar-refractivity contribution >= 4 is 0 Å². The van der Waals surface area contributed by atoms with Crippen molar-refractivity contribution in [3.05, 3.63) is 35.9 Å². The minimum atomic E-state index is 0.433. The summed E-state index contributed by atoms with van der Waals surface area (Å²) >= 11 is 0. The van der Waals surface area contributed by atoms with Gasteiger partial charge in [-0.1, -0.05) is 63.9 Å². The van der Waals surface area contributed by atoms with E-state index in [0.717, 1.165) is 13.1 Å². The Labute approximate surface area is 126 Å². The Morgan fingerprint density at radius 3 is 2.15 bits per heavy atom. The van der Waals surface area contributed by atoms with Crippen molar-refractivity contribution in [2.24, 2.45) is 0 Å². The summed E-state index contributed by atoms with van der Waals surface area (Å²) in [6, 6.07) is 11.1. The Kier molecular flexibility index (Phi) is 18.6. The Morgan fingerprint density at radius 2 is 1.65 bits per heavy atom. The van der Waals surface area contributed by atoms with E-state index < -0.39 is 0 Å². The van der Waals surface area contributed by atoms with Crippen molar-refractivity contribution in [1.82, 2.24) is 10.6 Å². The molecular formula is C18H32N2. The molecule has 1 aromatic rings. The molecule has 1 unspecified atom stereocenters. The Hall–Kier alpha value is -1.30. The molecule has 1 rings (SSSR count). The summed E-state index contributed by atoms with van der Waals surface area (Å²) in [6.07, 6.45) is 11.9. The molecule has 2 heteroatoms. The van der Waals surface area contributed by atoms with E-state index in [1.807, 2.05) is 20.9 Å². The van der Waals surface area contributed by atoms with Crippen LogP contribution in [-0.2, 0) is 0 Å². The van der Waals surface area contributed by atoms with Crippen LogP contribution in [0.15, 0.2) is 30.3 Å². The summed E-state index contributed by atoms with van der Waals surface area (Å²) in [5, 5.41) is 6.85. The minimum Gasteiger partial charge on any atom is -0.318 e. The molecule has 0 radical (unpaired) electrons. The Bertz CT molecular complexity index is 293. The van der Waals surface area contributed by atoms with Crippen LogP contribution in [0.1, 0.15) is 51.6 Å². The molecule has 0 aliphatic heterocycles. The lowest BCUT2D eigenvalue weighted by atomic mass is 10.1. The summed E-state index contributed by atoms with van der Waals surface area (Å²) in [7, 11) is 2.00. The molecule has 2 nitrogen and oxygen atoms in total. The first kappa shape index (κ1) is 21.0. The zero-order valence-corrected chi connectivity index (χ0v) is 13.7. The van der Waals surface area contributed by atoms with Gasteiger partial charge in [-0.2, -0.15) is 0 Å². The van der Waals surface area contributed by atoms with E-state index >= 15 is 0 Å². The molecule has 0 heterocycles. The maximum absolute atomic E-state index is 4.00. The molecule has 114 valence electrons. The summed E-state index contributed by atoms with van der Waals surface area (Å²) in [6.45, 7) is 8.33. The van der Waals surface area contributed by atoms with Gasteiger partial charge < -0.3 is 10.6 Å². The molecule has 0 fully saturated rings. The van der Waals surface area contributed by atoms with E-state index in [0.29, 0.717) is 6.04 Å². The second-order valence-corrected chi connectivity index (χ2v) is 4.18. The largest absolute Gasteiger partial charge is 0.318 e. The molecule has 2 N–H and O–H groups in total. The van der Waals surface area contributed by atoms with Crippen molar-refractivity contribution < 1.29 is 0 Å². The lowest BCUT2D eigenvalue weighted by Crippen LogP contribution is -2.30. The van der Waals surface area contributed by atoms with E-state index in [1.165, 1.54) is 24.8 Å². The van der Waals surface area contributed by atoms with Crippen LogP contribution in [-0.4, -0.2) is 20.1 Å². The molecule has 1 aromatic carbocycles. The third kappa shape index (κ3) is 10.6. The molecular weight excluding hydrogens is 244 g/mol. The van der Waals surface area contributed by atoms with Gasteiger partial charge in [0, 0.05) is 12.6 Å². The van der Waals surface area contributed by atoms with Crippen molar-refractivity contribution in [2.45, 2.75) is 46.1 Å². The number of hydrogen-bond acceptors (Lipinski definition) is 2. The maximum Gasteiger partial charge on any atom is 0.0446 e. The van der Waals surface area contributed by atoms with Gasteiger partial charge in [0.2, 0.25) is 0 Å². The number of benzene rings is 1. The molecule has 0 bridgehead atoms. The van der Waals surface area contributed by atoms with Crippen molar-refractivity contribution in [3.63, 3.8) is 0 Å². The van der Waals surface area contributed by atoms with Crippen LogP contribution in [0.2, 0.25) is 0 Å². The Balaban J connectivity index is 0. The first-order chi connectivity index (χ1) is 9.88. The Morgan fingerprint density at radius 1 is 1.05 bits per heavy atom. The predicted molar refractivity (Wildman–Crippen MR) is 91.9 cm³/mol. The summed E-state index contributed by atoms with van der Waals surface area (Å²) in [5.74, 6) is 0. The van der Waals surface area contributed by atoms with Crippen molar-refractivity contribution in [3.8, 4) is 12.8 Å². The molecule has 0 aromatic heterocycles. The number of likely N-dealkylation sites (N-methyl/N-ethyl adjacent to an activating group) is 1. The smallest absolute Gasteiger partial charge is 0.0446 e. The first-order valence-corrected chi connectivity index (χ1v) is 7.64. The number of rotatable bonds is 8. The summed E-state index contributed by atoms with van der Waals surface area (Å²) < 4.78 is 0. The number of hydrogen-bond donors (Lipinski definition) is 2. The molecule has 0 amide bonds. The van der Waals surface area contributed by atoms with Crippen LogP contribution in [0.3, 0.4) is 0 Å². The lowest BCUT2D eigenvalue weighted by molar-refractivity contribution is 0.494. The van der Waals surface area contributed by atoms with E-state index in [2.05, 4.69) is 60.7 Å². The van der Waals surface area contributed by atoms with Crippen molar-refractivity contribution in [1.29, 1.82) is 0 Å². The highest BCUT2D eigenvalue weighted by molar-refractivity contribution is 5.19. The van der Waals surface area contributed by atoms with Gasteiger partial charge >= 0.3 is 0 Å². The van der Waals surface area contributed by atoms with Gasteiger partial charge in [-0.15, -0.1) is 12.8 Å². The minimum absolute atomic E-state index is 0.433. The monoisotopic (exact) mass is 276 g/mol. The van der Waals surface area contributed by atoms with Crippen LogP contribution in [0.25, 0.3) is 0 Å². The highest BCUT2D eigenvalue weighted by Crippen LogP contribution is 2.11. The zero-order chi connectivity index (χ0) is 15.6. The van der Waals surface area contributed by atoms with Gasteiger partial charge in [-0.25, -0.2) is 0 Å². The van der Waals surface area contributed by atoms with Gasteiger partial charge in [-0.05, 0) is 25.6 Å². The predicted octanol–water partition coefficient (Wildman–Crippen LogP) is 4.00. The highest BCUT2D eigenvalue weighted by Gasteiger charge is 2.08. The van der Waals surface area contributed by atoms with Gasteiger partial charge in [0.25, 0.3) is 0 Å². The molecule has 0 aliphatic carbocycles. The average molecular weight is 276 g/mol. The number of terminal acetylenes is 1. The summed E-state index contributed by atoms with van der Waals surface area (Å²) in [5.41, 5.74) is 1.37. The van der Waals surface area contributed by atoms with E-state index in [9.17, 15) is 0 Å².